The maximum absolute atomic E-state index is 13.6. The Kier molecular flexibility index (Phi) is 6.36. The van der Waals surface area contributed by atoms with E-state index in [1.165, 1.54) is 4.90 Å². The highest BCUT2D eigenvalue weighted by molar-refractivity contribution is 9.10. The molecule has 0 aromatic heterocycles. The lowest BCUT2D eigenvalue weighted by atomic mass is 9.93. The molecule has 158 valence electrons. The summed E-state index contributed by atoms with van der Waals surface area (Å²) in [5.41, 5.74) is 0.685. The predicted molar refractivity (Wildman–Crippen MR) is 121 cm³/mol. The molecule has 2 aliphatic rings. The van der Waals surface area contributed by atoms with Crippen molar-refractivity contribution in [3.05, 3.63) is 62.5 Å². The third-order valence-corrected chi connectivity index (χ3v) is 5.90. The van der Waals surface area contributed by atoms with Crippen LogP contribution in [0.5, 0.6) is 0 Å². The number of amides is 1. The Morgan fingerprint density at radius 1 is 1.17 bits per heavy atom. The van der Waals surface area contributed by atoms with E-state index in [0.29, 0.717) is 41.3 Å². The highest BCUT2D eigenvalue weighted by Gasteiger charge is 2.47. The Morgan fingerprint density at radius 3 is 2.43 bits per heavy atom. The lowest BCUT2D eigenvalue weighted by Crippen LogP contribution is -2.46. The highest BCUT2D eigenvalue weighted by atomic mass is 79.9. The first-order valence-corrected chi connectivity index (χ1v) is 11.0. The molecule has 6 nitrogen and oxygen atoms in total. The summed E-state index contributed by atoms with van der Waals surface area (Å²) in [5.74, 6) is 0.271. The molecule has 30 heavy (non-hydrogen) atoms. The van der Waals surface area contributed by atoms with Crippen molar-refractivity contribution in [1.82, 2.24) is 5.32 Å². The molecular formula is C21H20BrCl2N3O3. The first-order valence-electron chi connectivity index (χ1n) is 9.45. The van der Waals surface area contributed by atoms with Gasteiger partial charge in [0.1, 0.15) is 5.54 Å². The summed E-state index contributed by atoms with van der Waals surface area (Å²) in [7, 11) is 0. The van der Waals surface area contributed by atoms with Crippen LogP contribution in [0.4, 0.5) is 5.69 Å². The van der Waals surface area contributed by atoms with Crippen LogP contribution < -0.4 is 10.2 Å². The van der Waals surface area contributed by atoms with Crippen molar-refractivity contribution in [2.45, 2.75) is 25.2 Å². The molecule has 2 aromatic carbocycles. The second-order valence-electron chi connectivity index (χ2n) is 7.36. The van der Waals surface area contributed by atoms with Crippen molar-refractivity contribution in [1.29, 1.82) is 0 Å². The van der Waals surface area contributed by atoms with E-state index < -0.39 is 11.8 Å². The van der Waals surface area contributed by atoms with Crippen molar-refractivity contribution < 1.29 is 14.3 Å². The fourth-order valence-electron chi connectivity index (χ4n) is 3.52. The van der Waals surface area contributed by atoms with Gasteiger partial charge in [0.05, 0.1) is 25.4 Å². The fourth-order valence-corrected chi connectivity index (χ4v) is 4.30. The van der Waals surface area contributed by atoms with Gasteiger partial charge >= 0.3 is 0 Å². The first-order chi connectivity index (χ1) is 14.3. The number of hydrogen-bond donors (Lipinski definition) is 1. The van der Waals surface area contributed by atoms with E-state index in [1.807, 2.05) is 31.2 Å². The van der Waals surface area contributed by atoms with E-state index in [1.54, 1.807) is 18.2 Å². The fraction of sp³-hybridized carbons (Fsp3) is 0.333. The van der Waals surface area contributed by atoms with Crippen molar-refractivity contribution in [3.63, 3.8) is 0 Å². The Hall–Kier alpha value is -1.64. The van der Waals surface area contributed by atoms with Crippen LogP contribution in [-0.4, -0.2) is 43.5 Å². The zero-order valence-electron chi connectivity index (χ0n) is 16.2. The summed E-state index contributed by atoms with van der Waals surface area (Å²) < 4.78 is 11.9. The minimum Gasteiger partial charge on any atom is -0.348 e. The molecule has 2 aliphatic heterocycles. The maximum atomic E-state index is 13.6. The van der Waals surface area contributed by atoms with E-state index in [-0.39, 0.29) is 12.5 Å². The number of nitrogens with one attached hydrogen (secondary N) is 1. The number of carbonyl (C=O) groups is 1. The number of ether oxygens (including phenoxy) is 2. The second-order valence-corrected chi connectivity index (χ2v) is 9.15. The molecule has 2 saturated heterocycles. The van der Waals surface area contributed by atoms with Crippen molar-refractivity contribution >= 4 is 56.7 Å². The van der Waals surface area contributed by atoms with Crippen molar-refractivity contribution in [2.75, 3.05) is 24.7 Å². The molecule has 2 heterocycles. The van der Waals surface area contributed by atoms with Crippen LogP contribution in [0, 0.1) is 0 Å². The summed E-state index contributed by atoms with van der Waals surface area (Å²) in [6.07, 6.45) is 0.0665. The van der Waals surface area contributed by atoms with Crippen LogP contribution in [0.1, 0.15) is 12.5 Å². The Morgan fingerprint density at radius 2 is 1.80 bits per heavy atom. The summed E-state index contributed by atoms with van der Waals surface area (Å²) in [6, 6.07) is 12.9. The molecule has 9 heteroatoms. The van der Waals surface area contributed by atoms with Gasteiger partial charge in [0.2, 0.25) is 5.96 Å². The van der Waals surface area contributed by atoms with Gasteiger partial charge in [0.15, 0.2) is 6.29 Å². The quantitative estimate of drug-likeness (QED) is 0.644. The van der Waals surface area contributed by atoms with E-state index >= 15 is 0 Å². The van der Waals surface area contributed by atoms with Gasteiger partial charge < -0.3 is 14.8 Å². The number of rotatable bonds is 5. The normalized spacial score (nSPS) is 23.4. The van der Waals surface area contributed by atoms with E-state index in [9.17, 15) is 4.79 Å². The molecular weight excluding hydrogens is 493 g/mol. The lowest BCUT2D eigenvalue weighted by molar-refractivity contribution is -0.121. The number of guanidine groups is 1. The van der Waals surface area contributed by atoms with Crippen LogP contribution in [0.2, 0.25) is 10.0 Å². The molecule has 0 radical (unpaired) electrons. The standard InChI is InChI=1S/C21H20BrCl2N3O3/c1-21(11-13-2-4-14(22)5-3-13)19(28)27(17-9-15(23)8-16(24)10-17)20(26-21)25-12-18-29-6-7-30-18/h2-5,8-10,18H,6-7,11-12H2,1H3,(H,25,26)/t21-/m0/s1. The van der Waals surface area contributed by atoms with Gasteiger partial charge in [-0.15, -0.1) is 0 Å². The topological polar surface area (TPSA) is 63.2 Å². The summed E-state index contributed by atoms with van der Waals surface area (Å²) in [5, 5.41) is 4.19. The number of anilines is 1. The zero-order chi connectivity index (χ0) is 21.3. The van der Waals surface area contributed by atoms with E-state index in [2.05, 4.69) is 26.2 Å². The third kappa shape index (κ3) is 4.65. The van der Waals surface area contributed by atoms with Gasteiger partial charge in [-0.2, -0.15) is 0 Å². The summed E-state index contributed by atoms with van der Waals surface area (Å²) in [4.78, 5) is 19.7. The minimum absolute atomic E-state index is 0.143. The highest BCUT2D eigenvalue weighted by Crippen LogP contribution is 2.32. The molecule has 0 spiro atoms. The summed E-state index contributed by atoms with van der Waals surface area (Å²) in [6.45, 7) is 3.21. The van der Waals surface area contributed by atoms with Gasteiger partial charge in [0, 0.05) is 20.9 Å². The number of benzene rings is 2. The molecule has 0 aliphatic carbocycles. The molecule has 1 amide bonds. The number of hydrogen-bond acceptors (Lipinski definition) is 4. The van der Waals surface area contributed by atoms with Gasteiger partial charge in [-0.25, -0.2) is 9.89 Å². The molecule has 0 saturated carbocycles. The largest absolute Gasteiger partial charge is 0.348 e. The third-order valence-electron chi connectivity index (χ3n) is 4.93. The Balaban J connectivity index is 1.67. The molecule has 2 aromatic rings. The molecule has 4 rings (SSSR count). The lowest BCUT2D eigenvalue weighted by Gasteiger charge is -2.22. The molecule has 1 N–H and O–H groups in total. The summed E-state index contributed by atoms with van der Waals surface area (Å²) >= 11 is 15.8. The smallest absolute Gasteiger partial charge is 0.259 e. The van der Waals surface area contributed by atoms with Gasteiger partial charge in [0.25, 0.3) is 5.91 Å². The predicted octanol–water partition coefficient (Wildman–Crippen LogP) is 4.42. The number of halogens is 3. The van der Waals surface area contributed by atoms with E-state index in [4.69, 9.17) is 32.7 Å². The number of carbonyl (C=O) groups excluding carboxylic acids is 1. The van der Waals surface area contributed by atoms with Crippen LogP contribution in [0.15, 0.2) is 51.9 Å². The van der Waals surface area contributed by atoms with Gasteiger partial charge in [-0.3, -0.25) is 4.79 Å². The van der Waals surface area contributed by atoms with Crippen LogP contribution >= 0.6 is 39.1 Å². The SMILES string of the molecule is C[C@@]1(Cc2ccc(Br)cc2)NC(=NCC2OCCO2)N(c2cc(Cl)cc(Cl)c2)C1=O. The first kappa shape index (κ1) is 21.6. The van der Waals surface area contributed by atoms with Crippen LogP contribution in [0.3, 0.4) is 0 Å². The van der Waals surface area contributed by atoms with Crippen molar-refractivity contribution in [2.24, 2.45) is 4.99 Å². The van der Waals surface area contributed by atoms with Crippen LogP contribution in [0.25, 0.3) is 0 Å². The molecule has 0 bridgehead atoms. The molecule has 2 fully saturated rings. The average Bonchev–Trinajstić information content (AvgIpc) is 3.28. The molecule has 1 atom stereocenters. The van der Waals surface area contributed by atoms with Crippen molar-refractivity contribution in [3.8, 4) is 0 Å². The molecule has 0 unspecified atom stereocenters. The Labute approximate surface area is 193 Å². The number of nitrogens with zero attached hydrogens (tertiary/aromatic N) is 2. The Bertz CT molecular complexity index is 960. The van der Waals surface area contributed by atoms with E-state index in [0.717, 1.165) is 10.0 Å². The second kappa shape index (κ2) is 8.85. The zero-order valence-corrected chi connectivity index (χ0v) is 19.3. The minimum atomic E-state index is -0.890. The van der Waals surface area contributed by atoms with Crippen LogP contribution in [-0.2, 0) is 20.7 Å². The average molecular weight is 513 g/mol. The number of aliphatic imine (C=N–C) groups is 1. The van der Waals surface area contributed by atoms with Gasteiger partial charge in [-0.1, -0.05) is 51.3 Å². The monoisotopic (exact) mass is 511 g/mol. The maximum Gasteiger partial charge on any atom is 0.259 e. The van der Waals surface area contributed by atoms with Gasteiger partial charge in [-0.05, 0) is 42.8 Å².